The number of hydrogen-bond acceptors (Lipinski definition) is 1. The van der Waals surface area contributed by atoms with Crippen LogP contribution >= 0.6 is 11.6 Å². The number of halogens is 1. The maximum Gasteiger partial charge on any atom is 0.0576 e. The molecule has 60 valence electrons. The van der Waals surface area contributed by atoms with Gasteiger partial charge in [0.15, 0.2) is 0 Å². The molecule has 0 spiro atoms. The third-order valence-corrected chi connectivity index (χ3v) is 2.57. The minimum Gasteiger partial charge on any atom is -0.378 e. The Bertz CT molecular complexity index is 103. The Balaban J connectivity index is 2.28. The van der Waals surface area contributed by atoms with Gasteiger partial charge < -0.3 is 4.74 Å². The highest BCUT2D eigenvalue weighted by molar-refractivity contribution is 6.20. The van der Waals surface area contributed by atoms with Gasteiger partial charge in [-0.3, -0.25) is 0 Å². The fraction of sp³-hybridized carbons (Fsp3) is 1.00. The molecule has 1 rings (SSSR count). The van der Waals surface area contributed by atoms with Gasteiger partial charge in [-0.05, 0) is 19.8 Å². The van der Waals surface area contributed by atoms with Gasteiger partial charge in [-0.25, -0.2) is 0 Å². The Morgan fingerprint density at radius 2 is 2.40 bits per heavy atom. The molecule has 0 radical (unpaired) electrons. The summed E-state index contributed by atoms with van der Waals surface area (Å²) in [4.78, 5) is 0. The van der Waals surface area contributed by atoms with Gasteiger partial charge in [-0.1, -0.05) is 6.92 Å². The largest absolute Gasteiger partial charge is 0.378 e. The summed E-state index contributed by atoms with van der Waals surface area (Å²) >= 11 is 5.93. The van der Waals surface area contributed by atoms with E-state index in [-0.39, 0.29) is 5.38 Å². The van der Waals surface area contributed by atoms with Crippen LogP contribution in [0.5, 0.6) is 0 Å². The van der Waals surface area contributed by atoms with Gasteiger partial charge in [-0.2, -0.15) is 0 Å². The highest BCUT2D eigenvalue weighted by Crippen LogP contribution is 2.26. The first-order valence-corrected chi connectivity index (χ1v) is 4.43. The molecule has 0 N–H and O–H groups in total. The molecule has 1 nitrogen and oxygen atoms in total. The van der Waals surface area contributed by atoms with Crippen molar-refractivity contribution in [2.45, 2.75) is 38.2 Å². The highest BCUT2D eigenvalue weighted by atomic mass is 35.5. The number of rotatable bonds is 2. The van der Waals surface area contributed by atoms with E-state index in [4.69, 9.17) is 16.3 Å². The molecule has 10 heavy (non-hydrogen) atoms. The molecule has 0 saturated carbocycles. The predicted molar refractivity (Wildman–Crippen MR) is 43.5 cm³/mol. The third-order valence-electron chi connectivity index (χ3n) is 2.22. The summed E-state index contributed by atoms with van der Waals surface area (Å²) in [6.45, 7) is 5.07. The second kappa shape index (κ2) is 3.59. The molecule has 1 aliphatic rings. The summed E-state index contributed by atoms with van der Waals surface area (Å²) in [5.74, 6) is 0.589. The smallest absolute Gasteiger partial charge is 0.0576 e. The standard InChI is InChI=1S/C8H15ClO/c1-3-8-4-7(5-10-8)6(2)9/h6-8H,3-5H2,1-2H3/t6-,7+,8+/m0/s1. The van der Waals surface area contributed by atoms with Crippen LogP contribution in [0.15, 0.2) is 0 Å². The number of alkyl halides is 1. The molecule has 1 saturated heterocycles. The first-order chi connectivity index (χ1) is 4.74. The lowest BCUT2D eigenvalue weighted by atomic mass is 10.0. The van der Waals surface area contributed by atoms with E-state index in [0.717, 1.165) is 19.4 Å². The van der Waals surface area contributed by atoms with E-state index in [2.05, 4.69) is 6.92 Å². The lowest BCUT2D eigenvalue weighted by molar-refractivity contribution is 0.104. The summed E-state index contributed by atoms with van der Waals surface area (Å²) in [5, 5.41) is 0.275. The van der Waals surface area contributed by atoms with Crippen molar-refractivity contribution in [3.63, 3.8) is 0 Å². The Hall–Kier alpha value is 0.250. The van der Waals surface area contributed by atoms with Crippen LogP contribution in [0.1, 0.15) is 26.7 Å². The molecule has 2 heteroatoms. The topological polar surface area (TPSA) is 9.23 Å². The molecular formula is C8H15ClO. The Morgan fingerprint density at radius 3 is 2.70 bits per heavy atom. The quantitative estimate of drug-likeness (QED) is 0.567. The van der Waals surface area contributed by atoms with E-state index in [1.54, 1.807) is 0 Å². The third kappa shape index (κ3) is 1.86. The zero-order chi connectivity index (χ0) is 7.56. The monoisotopic (exact) mass is 162 g/mol. The summed E-state index contributed by atoms with van der Waals surface area (Å²) < 4.78 is 5.49. The average molecular weight is 163 g/mol. The fourth-order valence-electron chi connectivity index (χ4n) is 1.34. The molecule has 1 heterocycles. The summed E-state index contributed by atoms with van der Waals surface area (Å²) in [6, 6.07) is 0. The van der Waals surface area contributed by atoms with Gasteiger partial charge in [0, 0.05) is 11.3 Å². The molecule has 0 unspecified atom stereocenters. The van der Waals surface area contributed by atoms with E-state index < -0.39 is 0 Å². The maximum atomic E-state index is 5.93. The van der Waals surface area contributed by atoms with E-state index in [9.17, 15) is 0 Å². The zero-order valence-electron chi connectivity index (χ0n) is 6.64. The van der Waals surface area contributed by atoms with E-state index in [1.165, 1.54) is 0 Å². The van der Waals surface area contributed by atoms with E-state index in [1.807, 2.05) is 6.92 Å². The first kappa shape index (κ1) is 8.35. The molecule has 0 bridgehead atoms. The van der Waals surface area contributed by atoms with Crippen LogP contribution in [0, 0.1) is 5.92 Å². The average Bonchev–Trinajstić information content (AvgIpc) is 2.34. The van der Waals surface area contributed by atoms with Gasteiger partial charge >= 0.3 is 0 Å². The molecule has 0 aliphatic carbocycles. The Morgan fingerprint density at radius 1 is 1.70 bits per heavy atom. The molecule has 0 aromatic carbocycles. The van der Waals surface area contributed by atoms with Crippen LogP contribution in [0.2, 0.25) is 0 Å². The maximum absolute atomic E-state index is 5.93. The van der Waals surface area contributed by atoms with Crippen molar-refractivity contribution in [3.8, 4) is 0 Å². The van der Waals surface area contributed by atoms with Crippen LogP contribution in [-0.2, 0) is 4.74 Å². The predicted octanol–water partition coefficient (Wildman–Crippen LogP) is 2.43. The van der Waals surface area contributed by atoms with Crippen LogP contribution in [0.25, 0.3) is 0 Å². The molecular weight excluding hydrogens is 148 g/mol. The lowest BCUT2D eigenvalue weighted by Crippen LogP contribution is -2.10. The van der Waals surface area contributed by atoms with Gasteiger partial charge in [0.2, 0.25) is 0 Å². The Kier molecular flexibility index (Phi) is 2.99. The van der Waals surface area contributed by atoms with Crippen molar-refractivity contribution in [1.29, 1.82) is 0 Å². The molecule has 1 fully saturated rings. The first-order valence-electron chi connectivity index (χ1n) is 3.99. The van der Waals surface area contributed by atoms with Crippen molar-refractivity contribution < 1.29 is 4.74 Å². The summed E-state index contributed by atoms with van der Waals surface area (Å²) in [6.07, 6.45) is 2.76. The number of ether oxygens (including phenoxy) is 1. The minimum atomic E-state index is 0.275. The molecule has 3 atom stereocenters. The summed E-state index contributed by atoms with van der Waals surface area (Å²) in [7, 11) is 0. The van der Waals surface area contributed by atoms with Crippen LogP contribution in [0.4, 0.5) is 0 Å². The van der Waals surface area contributed by atoms with E-state index in [0.29, 0.717) is 12.0 Å². The minimum absolute atomic E-state index is 0.275. The van der Waals surface area contributed by atoms with Gasteiger partial charge in [0.1, 0.15) is 0 Å². The fourth-order valence-corrected chi connectivity index (χ4v) is 1.51. The van der Waals surface area contributed by atoms with Gasteiger partial charge in [0.25, 0.3) is 0 Å². The van der Waals surface area contributed by atoms with Crippen LogP contribution < -0.4 is 0 Å². The molecule has 0 amide bonds. The second-order valence-corrected chi connectivity index (χ2v) is 3.73. The van der Waals surface area contributed by atoms with Crippen molar-refractivity contribution in [2.24, 2.45) is 5.92 Å². The van der Waals surface area contributed by atoms with Crippen LogP contribution in [-0.4, -0.2) is 18.1 Å². The summed E-state index contributed by atoms with van der Waals surface area (Å²) in [5.41, 5.74) is 0. The SMILES string of the molecule is CC[C@@H]1C[C@@H]([C@H](C)Cl)CO1. The molecule has 0 aromatic rings. The van der Waals surface area contributed by atoms with Gasteiger partial charge in [-0.15, -0.1) is 11.6 Å². The molecule has 0 aromatic heterocycles. The normalized spacial score (nSPS) is 36.3. The van der Waals surface area contributed by atoms with Crippen molar-refractivity contribution in [1.82, 2.24) is 0 Å². The second-order valence-electron chi connectivity index (χ2n) is 3.04. The zero-order valence-corrected chi connectivity index (χ0v) is 7.40. The Labute approximate surface area is 67.7 Å². The highest BCUT2D eigenvalue weighted by Gasteiger charge is 2.26. The number of hydrogen-bond donors (Lipinski definition) is 0. The lowest BCUT2D eigenvalue weighted by Gasteiger charge is -2.08. The van der Waals surface area contributed by atoms with Crippen LogP contribution in [0.3, 0.4) is 0 Å². The van der Waals surface area contributed by atoms with Gasteiger partial charge in [0.05, 0.1) is 12.7 Å². The van der Waals surface area contributed by atoms with Crippen molar-refractivity contribution >= 4 is 11.6 Å². The van der Waals surface area contributed by atoms with Crippen molar-refractivity contribution in [3.05, 3.63) is 0 Å². The van der Waals surface area contributed by atoms with Crippen molar-refractivity contribution in [2.75, 3.05) is 6.61 Å². The molecule has 1 aliphatic heterocycles. The van der Waals surface area contributed by atoms with E-state index >= 15 is 0 Å².